The minimum Gasteiger partial charge on any atom is -0.392 e. The average Bonchev–Trinajstić information content (AvgIpc) is 2.50. The monoisotopic (exact) mass is 304 g/mol. The molecule has 0 spiro atoms. The van der Waals surface area contributed by atoms with Crippen molar-refractivity contribution in [1.29, 1.82) is 0 Å². The molecule has 0 radical (unpaired) electrons. The van der Waals surface area contributed by atoms with E-state index in [0.29, 0.717) is 10.6 Å². The quantitative estimate of drug-likeness (QED) is 0.885. The molecule has 1 nitrogen and oxygen atoms in total. The van der Waals surface area contributed by atoms with Crippen LogP contribution in [-0.2, 0) is 12.8 Å². The summed E-state index contributed by atoms with van der Waals surface area (Å²) in [5.74, 6) is -0.281. The van der Waals surface area contributed by atoms with E-state index in [9.17, 15) is 9.50 Å². The zero-order chi connectivity index (χ0) is 14.8. The van der Waals surface area contributed by atoms with Gasteiger partial charge in [0.05, 0.1) is 6.10 Å². The normalized spacial score (nSPS) is 19.1. The molecule has 0 amide bonds. The smallest absolute Gasteiger partial charge is 0.127 e. The van der Waals surface area contributed by atoms with E-state index in [2.05, 4.69) is 12.1 Å². The Hall–Kier alpha value is -1.38. The molecule has 2 unspecified atom stereocenters. The van der Waals surface area contributed by atoms with Crippen LogP contribution in [0.3, 0.4) is 0 Å². The Morgan fingerprint density at radius 1 is 1.19 bits per heavy atom. The predicted molar refractivity (Wildman–Crippen MR) is 83.2 cm³/mol. The number of aliphatic hydroxyl groups excluding tert-OH is 1. The van der Waals surface area contributed by atoms with Crippen molar-refractivity contribution in [2.45, 2.75) is 37.7 Å². The topological polar surface area (TPSA) is 20.2 Å². The third kappa shape index (κ3) is 2.97. The number of benzene rings is 2. The fourth-order valence-corrected chi connectivity index (χ4v) is 3.51. The highest BCUT2D eigenvalue weighted by Gasteiger charge is 2.27. The molecule has 0 bridgehead atoms. The molecule has 0 fully saturated rings. The number of hydrogen-bond donors (Lipinski definition) is 1. The van der Waals surface area contributed by atoms with Crippen molar-refractivity contribution in [2.24, 2.45) is 0 Å². The Kier molecular flexibility index (Phi) is 4.27. The van der Waals surface area contributed by atoms with Gasteiger partial charge in [0.15, 0.2) is 0 Å². The highest BCUT2D eigenvalue weighted by atomic mass is 35.5. The third-order valence-corrected chi connectivity index (χ3v) is 4.71. The first kappa shape index (κ1) is 14.6. The van der Waals surface area contributed by atoms with E-state index in [-0.39, 0.29) is 18.2 Å². The van der Waals surface area contributed by atoms with Gasteiger partial charge in [-0.05, 0) is 42.5 Å². The van der Waals surface area contributed by atoms with E-state index in [1.807, 2.05) is 12.1 Å². The van der Waals surface area contributed by atoms with E-state index >= 15 is 0 Å². The van der Waals surface area contributed by atoms with Crippen LogP contribution in [0, 0.1) is 5.82 Å². The standard InChI is InChI=1S/C18H18ClFO/c19-16-9-4-10-17(20)15(16)11-18(21)14-8-3-6-12-5-1-2-7-13(12)14/h1-2,4-5,7,9-10,14,18,21H,3,6,8,11H2. The van der Waals surface area contributed by atoms with Crippen LogP contribution < -0.4 is 0 Å². The van der Waals surface area contributed by atoms with Gasteiger partial charge in [0.25, 0.3) is 0 Å². The van der Waals surface area contributed by atoms with Crippen LogP contribution in [0.4, 0.5) is 4.39 Å². The summed E-state index contributed by atoms with van der Waals surface area (Å²) in [6.07, 6.45) is 2.69. The zero-order valence-corrected chi connectivity index (χ0v) is 12.5. The van der Waals surface area contributed by atoms with E-state index in [0.717, 1.165) is 19.3 Å². The molecule has 21 heavy (non-hydrogen) atoms. The van der Waals surface area contributed by atoms with Crippen LogP contribution in [0.2, 0.25) is 5.02 Å². The lowest BCUT2D eigenvalue weighted by atomic mass is 9.78. The lowest BCUT2D eigenvalue weighted by molar-refractivity contribution is 0.133. The summed E-state index contributed by atoms with van der Waals surface area (Å²) in [6, 6.07) is 12.9. The second kappa shape index (κ2) is 6.17. The maximum atomic E-state index is 13.9. The zero-order valence-electron chi connectivity index (χ0n) is 11.7. The van der Waals surface area contributed by atoms with Gasteiger partial charge in [-0.15, -0.1) is 0 Å². The summed E-state index contributed by atoms with van der Waals surface area (Å²) in [5.41, 5.74) is 2.91. The second-order valence-corrected chi connectivity index (χ2v) is 6.08. The molecule has 2 aromatic rings. The predicted octanol–water partition coefficient (Wildman–Crippen LogP) is 4.50. The first-order valence-electron chi connectivity index (χ1n) is 7.35. The molecule has 3 heteroatoms. The van der Waals surface area contributed by atoms with Crippen LogP contribution in [0.1, 0.15) is 35.4 Å². The van der Waals surface area contributed by atoms with Gasteiger partial charge >= 0.3 is 0 Å². The van der Waals surface area contributed by atoms with Crippen LogP contribution in [0.15, 0.2) is 42.5 Å². The van der Waals surface area contributed by atoms with Gasteiger partial charge in [0.1, 0.15) is 5.82 Å². The summed E-state index contributed by atoms with van der Waals surface area (Å²) in [4.78, 5) is 0. The number of aliphatic hydroxyl groups is 1. The molecule has 0 aromatic heterocycles. The van der Waals surface area contributed by atoms with Crippen molar-refractivity contribution in [3.63, 3.8) is 0 Å². The van der Waals surface area contributed by atoms with Crippen LogP contribution in [0.5, 0.6) is 0 Å². The Bertz CT molecular complexity index is 621. The summed E-state index contributed by atoms with van der Waals surface area (Å²) in [6.45, 7) is 0. The molecule has 0 saturated heterocycles. The Labute approximate surface area is 129 Å². The van der Waals surface area contributed by atoms with Gasteiger partial charge < -0.3 is 5.11 Å². The summed E-state index contributed by atoms with van der Waals surface area (Å²) in [5, 5.41) is 11.0. The third-order valence-electron chi connectivity index (χ3n) is 4.36. The van der Waals surface area contributed by atoms with Gasteiger partial charge in [-0.1, -0.05) is 41.9 Å². The lowest BCUT2D eigenvalue weighted by Crippen LogP contribution is -2.25. The summed E-state index contributed by atoms with van der Waals surface area (Å²) < 4.78 is 13.9. The van der Waals surface area contributed by atoms with Crippen molar-refractivity contribution in [1.82, 2.24) is 0 Å². The first-order chi connectivity index (χ1) is 10.2. The molecule has 1 N–H and O–H groups in total. The van der Waals surface area contributed by atoms with Crippen molar-refractivity contribution >= 4 is 11.6 Å². The number of rotatable bonds is 3. The maximum absolute atomic E-state index is 13.9. The molecule has 2 aromatic carbocycles. The van der Waals surface area contributed by atoms with E-state index < -0.39 is 6.10 Å². The molecular weight excluding hydrogens is 287 g/mol. The molecule has 110 valence electrons. The number of fused-ring (bicyclic) bond motifs is 1. The summed E-state index contributed by atoms with van der Waals surface area (Å²) in [7, 11) is 0. The largest absolute Gasteiger partial charge is 0.392 e. The molecule has 0 heterocycles. The van der Waals surface area contributed by atoms with Crippen LogP contribution in [-0.4, -0.2) is 11.2 Å². The molecule has 0 saturated carbocycles. The maximum Gasteiger partial charge on any atom is 0.127 e. The van der Waals surface area contributed by atoms with Gasteiger partial charge in [0.2, 0.25) is 0 Å². The molecule has 0 aliphatic heterocycles. The van der Waals surface area contributed by atoms with Crippen LogP contribution >= 0.6 is 11.6 Å². The lowest BCUT2D eigenvalue weighted by Gasteiger charge is -2.29. The minimum absolute atomic E-state index is 0.0608. The fourth-order valence-electron chi connectivity index (χ4n) is 3.27. The Morgan fingerprint density at radius 2 is 2.00 bits per heavy atom. The van der Waals surface area contributed by atoms with Gasteiger partial charge in [-0.25, -0.2) is 4.39 Å². The molecule has 2 atom stereocenters. The molecule has 3 rings (SSSR count). The van der Waals surface area contributed by atoms with Crippen molar-refractivity contribution in [2.75, 3.05) is 0 Å². The molecule has 1 aliphatic rings. The van der Waals surface area contributed by atoms with Crippen molar-refractivity contribution in [3.8, 4) is 0 Å². The highest BCUT2D eigenvalue weighted by Crippen LogP contribution is 2.35. The average molecular weight is 305 g/mol. The number of aryl methyl sites for hydroxylation is 1. The van der Waals surface area contributed by atoms with Crippen molar-refractivity contribution < 1.29 is 9.50 Å². The fraction of sp³-hybridized carbons (Fsp3) is 0.333. The highest BCUT2D eigenvalue weighted by molar-refractivity contribution is 6.31. The Balaban J connectivity index is 1.85. The van der Waals surface area contributed by atoms with Gasteiger partial charge in [-0.2, -0.15) is 0 Å². The SMILES string of the molecule is OC(Cc1c(F)cccc1Cl)C1CCCc2ccccc21. The first-order valence-corrected chi connectivity index (χ1v) is 7.73. The van der Waals surface area contributed by atoms with E-state index in [1.54, 1.807) is 12.1 Å². The van der Waals surface area contributed by atoms with Crippen LogP contribution in [0.25, 0.3) is 0 Å². The summed E-state index contributed by atoms with van der Waals surface area (Å²) >= 11 is 6.06. The van der Waals surface area contributed by atoms with Gasteiger partial charge in [0, 0.05) is 22.9 Å². The Morgan fingerprint density at radius 3 is 2.81 bits per heavy atom. The number of halogens is 2. The van der Waals surface area contributed by atoms with E-state index in [1.165, 1.54) is 17.2 Å². The minimum atomic E-state index is -0.610. The molecular formula is C18H18ClFO. The van der Waals surface area contributed by atoms with E-state index in [4.69, 9.17) is 11.6 Å². The second-order valence-electron chi connectivity index (χ2n) is 5.67. The number of hydrogen-bond acceptors (Lipinski definition) is 1. The van der Waals surface area contributed by atoms with Gasteiger partial charge in [-0.3, -0.25) is 0 Å². The molecule has 1 aliphatic carbocycles. The van der Waals surface area contributed by atoms with Crippen molar-refractivity contribution in [3.05, 3.63) is 70.0 Å².